The number of piperidine rings is 1. The number of aliphatic hydroxyl groups is 1. The summed E-state index contributed by atoms with van der Waals surface area (Å²) in [6.45, 7) is 7.51. The maximum atomic E-state index is 13.6. The van der Waals surface area contributed by atoms with Crippen molar-refractivity contribution in [2.45, 2.75) is 58.6 Å². The molecule has 10 heteroatoms. The summed E-state index contributed by atoms with van der Waals surface area (Å²) in [5.41, 5.74) is 4.97. The lowest BCUT2D eigenvalue weighted by Crippen LogP contribution is -2.50. The number of aromatic nitrogens is 2. The normalized spacial score (nSPS) is 20.6. The average Bonchev–Trinajstić information content (AvgIpc) is 3.47. The fourth-order valence-electron chi connectivity index (χ4n) is 5.76. The summed E-state index contributed by atoms with van der Waals surface area (Å²) >= 11 is 0. The summed E-state index contributed by atoms with van der Waals surface area (Å²) in [6.07, 6.45) is -1.75. The van der Waals surface area contributed by atoms with Gasteiger partial charge in [-0.3, -0.25) is 14.3 Å². The lowest BCUT2D eigenvalue weighted by molar-refractivity contribution is -0.132. The average molecular weight is 516 g/mol. The number of anilines is 1. The monoisotopic (exact) mass is 515 g/mol. The van der Waals surface area contributed by atoms with Crippen molar-refractivity contribution in [3.05, 3.63) is 46.3 Å². The maximum absolute atomic E-state index is 13.6. The van der Waals surface area contributed by atoms with Crippen molar-refractivity contribution in [1.29, 1.82) is 0 Å². The van der Waals surface area contributed by atoms with Gasteiger partial charge in [-0.1, -0.05) is 12.1 Å². The van der Waals surface area contributed by atoms with Crippen LogP contribution in [0.15, 0.2) is 18.2 Å². The number of benzene rings is 1. The van der Waals surface area contributed by atoms with Gasteiger partial charge in [-0.05, 0) is 56.7 Å². The number of hydrogen-bond acceptors (Lipinski definition) is 5. The minimum Gasteiger partial charge on any atom is -0.393 e. The van der Waals surface area contributed by atoms with Crippen LogP contribution in [-0.4, -0.2) is 88.3 Å². The van der Waals surface area contributed by atoms with Crippen LogP contribution < -0.4 is 4.90 Å². The van der Waals surface area contributed by atoms with E-state index in [0.717, 1.165) is 0 Å². The number of fused-ring (bicyclic) bond motifs is 1. The number of aryl methyl sites for hydroxylation is 1. The molecular formula is C27H35F2N5O3. The van der Waals surface area contributed by atoms with Crippen molar-refractivity contribution < 1.29 is 23.5 Å². The van der Waals surface area contributed by atoms with Gasteiger partial charge in [-0.25, -0.2) is 8.78 Å². The van der Waals surface area contributed by atoms with Gasteiger partial charge in [0.15, 0.2) is 5.69 Å². The molecule has 0 spiro atoms. The third-order valence-corrected chi connectivity index (χ3v) is 8.23. The molecule has 1 aromatic heterocycles. The fraction of sp³-hybridized carbons (Fsp3) is 0.593. The van der Waals surface area contributed by atoms with Crippen molar-refractivity contribution in [2.24, 2.45) is 5.92 Å². The highest BCUT2D eigenvalue weighted by Gasteiger charge is 2.38. The predicted molar refractivity (Wildman–Crippen MR) is 135 cm³/mol. The number of hydrogen-bond donors (Lipinski definition) is 1. The number of likely N-dealkylation sites (tertiary alicyclic amines) is 1. The summed E-state index contributed by atoms with van der Waals surface area (Å²) in [4.78, 5) is 32.2. The van der Waals surface area contributed by atoms with E-state index in [9.17, 15) is 23.5 Å². The van der Waals surface area contributed by atoms with E-state index in [1.807, 2.05) is 6.07 Å². The van der Waals surface area contributed by atoms with Gasteiger partial charge in [0.05, 0.1) is 6.10 Å². The van der Waals surface area contributed by atoms with Crippen molar-refractivity contribution >= 4 is 17.5 Å². The second kappa shape index (κ2) is 10.4. The molecule has 1 unspecified atom stereocenters. The molecular weight excluding hydrogens is 480 g/mol. The molecule has 1 aromatic carbocycles. The first-order valence-corrected chi connectivity index (χ1v) is 13.2. The van der Waals surface area contributed by atoms with Crippen LogP contribution in [0.25, 0.3) is 0 Å². The van der Waals surface area contributed by atoms with Gasteiger partial charge < -0.3 is 19.8 Å². The molecule has 0 saturated carbocycles. The second-order valence-electron chi connectivity index (χ2n) is 10.5. The molecule has 1 aliphatic carbocycles. The fourth-order valence-corrected chi connectivity index (χ4v) is 5.76. The van der Waals surface area contributed by atoms with E-state index in [1.165, 1.54) is 21.5 Å². The Labute approximate surface area is 215 Å². The van der Waals surface area contributed by atoms with Crippen LogP contribution >= 0.6 is 0 Å². The highest BCUT2D eigenvalue weighted by Crippen LogP contribution is 2.34. The Kier molecular flexibility index (Phi) is 7.20. The molecule has 3 heterocycles. The molecule has 5 rings (SSSR count). The number of halogens is 2. The van der Waals surface area contributed by atoms with E-state index < -0.39 is 18.4 Å². The summed E-state index contributed by atoms with van der Waals surface area (Å²) in [5.74, 6) is -1.29. The van der Waals surface area contributed by atoms with Gasteiger partial charge >= 0.3 is 0 Å². The minimum atomic E-state index is -2.50. The third kappa shape index (κ3) is 5.08. The van der Waals surface area contributed by atoms with Crippen molar-refractivity contribution in [3.63, 3.8) is 0 Å². The lowest BCUT2D eigenvalue weighted by atomic mass is 10.1. The number of alkyl halides is 2. The maximum Gasteiger partial charge on any atom is 0.274 e. The molecule has 1 atom stereocenters. The van der Waals surface area contributed by atoms with Crippen molar-refractivity contribution in [1.82, 2.24) is 19.6 Å². The van der Waals surface area contributed by atoms with Crippen LogP contribution in [0.1, 0.15) is 45.7 Å². The Bertz CT molecular complexity index is 1170. The highest BCUT2D eigenvalue weighted by atomic mass is 19.3. The van der Waals surface area contributed by atoms with Gasteiger partial charge in [0.2, 0.25) is 12.3 Å². The molecule has 2 saturated heterocycles. The van der Waals surface area contributed by atoms with Gasteiger partial charge in [0.1, 0.15) is 6.54 Å². The van der Waals surface area contributed by atoms with Crippen LogP contribution in [-0.2, 0) is 24.2 Å². The summed E-state index contributed by atoms with van der Waals surface area (Å²) in [7, 11) is 0. The van der Waals surface area contributed by atoms with E-state index in [0.29, 0.717) is 63.4 Å². The van der Waals surface area contributed by atoms with Gasteiger partial charge in [-0.2, -0.15) is 5.10 Å². The van der Waals surface area contributed by atoms with Crippen molar-refractivity contribution in [3.8, 4) is 0 Å². The number of rotatable bonds is 5. The number of carbonyl (C=O) groups excluding carboxylic acids is 2. The smallest absolute Gasteiger partial charge is 0.274 e. The first-order valence-electron chi connectivity index (χ1n) is 13.2. The summed E-state index contributed by atoms with van der Waals surface area (Å²) < 4.78 is 28.7. The van der Waals surface area contributed by atoms with Gasteiger partial charge in [0.25, 0.3) is 5.91 Å². The molecule has 37 heavy (non-hydrogen) atoms. The highest BCUT2D eigenvalue weighted by molar-refractivity contribution is 5.94. The molecule has 3 aliphatic rings. The van der Waals surface area contributed by atoms with Gasteiger partial charge in [-0.15, -0.1) is 0 Å². The molecule has 200 valence electrons. The molecule has 0 radical (unpaired) electrons. The van der Waals surface area contributed by atoms with Crippen molar-refractivity contribution in [2.75, 3.05) is 44.2 Å². The Balaban J connectivity index is 1.29. The Hall–Kier alpha value is -3.01. The molecule has 0 bridgehead atoms. The molecule has 2 amide bonds. The van der Waals surface area contributed by atoms with E-state index in [4.69, 9.17) is 0 Å². The van der Waals surface area contributed by atoms with E-state index in [-0.39, 0.29) is 36.9 Å². The largest absolute Gasteiger partial charge is 0.393 e. The Morgan fingerprint density at radius 2 is 1.73 bits per heavy atom. The van der Waals surface area contributed by atoms with Crippen LogP contribution in [0.4, 0.5) is 14.5 Å². The zero-order valence-corrected chi connectivity index (χ0v) is 21.5. The van der Waals surface area contributed by atoms with Gasteiger partial charge in [0, 0.05) is 62.1 Å². The summed E-state index contributed by atoms with van der Waals surface area (Å²) in [5, 5.41) is 14.3. The van der Waals surface area contributed by atoms with Crippen LogP contribution in [0.2, 0.25) is 0 Å². The third-order valence-electron chi connectivity index (χ3n) is 8.23. The van der Waals surface area contributed by atoms with Crippen LogP contribution in [0.3, 0.4) is 0 Å². The molecule has 8 nitrogen and oxygen atoms in total. The first kappa shape index (κ1) is 25.6. The topological polar surface area (TPSA) is 81.9 Å². The lowest BCUT2D eigenvalue weighted by Gasteiger charge is -2.37. The van der Waals surface area contributed by atoms with E-state index in [2.05, 4.69) is 36.0 Å². The van der Waals surface area contributed by atoms with Crippen LogP contribution in [0, 0.1) is 19.8 Å². The quantitative estimate of drug-likeness (QED) is 0.662. The molecule has 2 aromatic rings. The summed E-state index contributed by atoms with van der Waals surface area (Å²) in [6, 6.07) is 6.24. The predicted octanol–water partition coefficient (Wildman–Crippen LogP) is 2.43. The number of carbonyl (C=O) groups is 2. The van der Waals surface area contributed by atoms with Crippen LogP contribution in [0.5, 0.6) is 0 Å². The second-order valence-corrected chi connectivity index (χ2v) is 10.5. The van der Waals surface area contributed by atoms with E-state index >= 15 is 0 Å². The molecule has 2 aliphatic heterocycles. The van der Waals surface area contributed by atoms with E-state index in [1.54, 1.807) is 9.80 Å². The molecule has 1 N–H and O–H groups in total. The molecule has 2 fully saturated rings. The zero-order chi connectivity index (χ0) is 26.3. The Morgan fingerprint density at radius 1 is 1.03 bits per heavy atom. The first-order chi connectivity index (χ1) is 17.7. The minimum absolute atomic E-state index is 0.0617. The number of amides is 2. The number of piperazine rings is 1. The zero-order valence-electron chi connectivity index (χ0n) is 21.5. The SMILES string of the molecule is Cc1cccc(N2CCN(C(=O)Cn3nc(C(=O)N4CCC(O)CC4)c4c3CC(C(F)F)C4)CC2)c1C. The number of aliphatic hydroxyl groups excluding tert-OH is 1. The standard InChI is InChI=1S/C27H35F2N5O3/c1-17-4-3-5-22(18(17)2)31-10-12-32(13-11-31)24(36)16-34-23-15-19(26(28)29)14-21(23)25(30-34)27(37)33-8-6-20(35)7-9-33/h3-5,19-20,26,35H,6-16H2,1-2H3. The Morgan fingerprint density at radius 3 is 2.41 bits per heavy atom. The number of nitrogens with zero attached hydrogens (tertiary/aromatic N) is 5.